The number of rotatable bonds is 2. The number of anilines is 1. The number of ether oxygens (including phenoxy) is 1. The lowest BCUT2D eigenvalue weighted by Crippen LogP contribution is -2.34. The number of amides is 1. The van der Waals surface area contributed by atoms with E-state index in [1.807, 2.05) is 0 Å². The van der Waals surface area contributed by atoms with E-state index in [4.69, 9.17) is 12.2 Å². The highest BCUT2D eigenvalue weighted by molar-refractivity contribution is 7.80. The molecule has 1 heterocycles. The molecule has 16 heavy (non-hydrogen) atoms. The van der Waals surface area contributed by atoms with Gasteiger partial charge in [0.2, 0.25) is 0 Å². The van der Waals surface area contributed by atoms with Crippen molar-refractivity contribution in [3.63, 3.8) is 0 Å². The normalized spacial score (nSPS) is 9.38. The third-order valence-corrected chi connectivity index (χ3v) is 1.73. The molecule has 0 fully saturated rings. The number of carbonyl (C=O) groups is 1. The van der Waals surface area contributed by atoms with Crippen molar-refractivity contribution in [1.29, 1.82) is 0 Å². The molecule has 1 aromatic heterocycles. The van der Waals surface area contributed by atoms with E-state index in [1.54, 1.807) is 26.2 Å². The number of nitrogens with zero attached hydrogens (tertiary/aromatic N) is 2. The van der Waals surface area contributed by atoms with Gasteiger partial charge in [0, 0.05) is 0 Å². The highest BCUT2D eigenvalue weighted by Gasteiger charge is 2.04. The van der Waals surface area contributed by atoms with Gasteiger partial charge in [-0.15, -0.1) is 0 Å². The fourth-order valence-corrected chi connectivity index (χ4v) is 1.08. The molecule has 6 nitrogen and oxygen atoms in total. The predicted octanol–water partition coefficient (Wildman–Crippen LogP) is 1.23. The lowest BCUT2D eigenvalue weighted by atomic mass is 10.5. The van der Waals surface area contributed by atoms with Crippen LogP contribution in [0.1, 0.15) is 12.7 Å². The molecule has 0 saturated heterocycles. The molecular weight excluding hydrogens is 228 g/mol. The van der Waals surface area contributed by atoms with Crippen LogP contribution < -0.4 is 10.6 Å². The topological polar surface area (TPSA) is 76.1 Å². The van der Waals surface area contributed by atoms with E-state index in [9.17, 15) is 4.79 Å². The number of nitrogens with one attached hydrogen (secondary N) is 2. The zero-order valence-electron chi connectivity index (χ0n) is 8.98. The molecule has 1 amide bonds. The van der Waals surface area contributed by atoms with E-state index in [0.29, 0.717) is 18.1 Å². The summed E-state index contributed by atoms with van der Waals surface area (Å²) >= 11 is 4.88. The van der Waals surface area contributed by atoms with Gasteiger partial charge in [-0.05, 0) is 26.1 Å². The van der Waals surface area contributed by atoms with Crippen molar-refractivity contribution in [2.45, 2.75) is 13.8 Å². The lowest BCUT2D eigenvalue weighted by Gasteiger charge is -2.08. The number of aromatic nitrogens is 2. The molecule has 1 rings (SSSR count). The molecule has 1 aromatic rings. The van der Waals surface area contributed by atoms with Gasteiger partial charge < -0.3 is 10.1 Å². The zero-order valence-corrected chi connectivity index (χ0v) is 9.80. The second-order valence-corrected chi connectivity index (χ2v) is 3.23. The van der Waals surface area contributed by atoms with Crippen molar-refractivity contribution >= 4 is 29.1 Å². The molecule has 2 N–H and O–H groups in total. The molecule has 0 atom stereocenters. The largest absolute Gasteiger partial charge is 0.450 e. The van der Waals surface area contributed by atoms with Crippen molar-refractivity contribution in [2.75, 3.05) is 11.9 Å². The summed E-state index contributed by atoms with van der Waals surface area (Å²) in [7, 11) is 0. The smallest absolute Gasteiger partial charge is 0.413 e. The Morgan fingerprint density at radius 3 is 2.69 bits per heavy atom. The highest BCUT2D eigenvalue weighted by atomic mass is 32.1. The lowest BCUT2D eigenvalue weighted by molar-refractivity contribution is 0.158. The monoisotopic (exact) mass is 240 g/mol. The Balaban J connectivity index is 2.45. The first kappa shape index (κ1) is 12.3. The summed E-state index contributed by atoms with van der Waals surface area (Å²) in [6.45, 7) is 3.78. The van der Waals surface area contributed by atoms with Crippen LogP contribution >= 0.6 is 12.2 Å². The van der Waals surface area contributed by atoms with Crippen molar-refractivity contribution < 1.29 is 9.53 Å². The minimum atomic E-state index is -0.590. The average Bonchev–Trinajstić information content (AvgIpc) is 2.21. The maximum absolute atomic E-state index is 11.0. The predicted molar refractivity (Wildman–Crippen MR) is 63.1 cm³/mol. The molecule has 0 radical (unpaired) electrons. The van der Waals surface area contributed by atoms with Gasteiger partial charge in [-0.3, -0.25) is 5.32 Å². The number of aryl methyl sites for hydroxylation is 1. The summed E-state index contributed by atoms with van der Waals surface area (Å²) in [5.41, 5.74) is 0.604. The number of carbonyl (C=O) groups excluding carboxylic acids is 1. The number of hydrogen-bond donors (Lipinski definition) is 2. The Labute approximate surface area is 98.4 Å². The number of hydrogen-bond acceptors (Lipinski definition) is 5. The second-order valence-electron chi connectivity index (χ2n) is 2.82. The van der Waals surface area contributed by atoms with Crippen molar-refractivity contribution in [3.05, 3.63) is 18.2 Å². The fraction of sp³-hybridized carbons (Fsp3) is 0.333. The minimum absolute atomic E-state index is 0.144. The summed E-state index contributed by atoms with van der Waals surface area (Å²) in [4.78, 5) is 18.9. The van der Waals surface area contributed by atoms with Gasteiger partial charge in [0.15, 0.2) is 5.11 Å². The maximum atomic E-state index is 11.0. The van der Waals surface area contributed by atoms with Gasteiger partial charge in [0.25, 0.3) is 0 Å². The van der Waals surface area contributed by atoms with Crippen LogP contribution in [0.15, 0.2) is 12.4 Å². The number of thiocarbonyl (C=S) groups is 1. The summed E-state index contributed by atoms with van der Waals surface area (Å²) in [6.07, 6.45) is 2.55. The van der Waals surface area contributed by atoms with Crippen molar-refractivity contribution in [2.24, 2.45) is 0 Å². The maximum Gasteiger partial charge on any atom is 0.413 e. The number of alkyl carbamates (subject to hydrolysis) is 1. The molecule has 0 aliphatic carbocycles. The average molecular weight is 240 g/mol. The fourth-order valence-electron chi connectivity index (χ4n) is 0.879. The van der Waals surface area contributed by atoms with Gasteiger partial charge in [0.05, 0.1) is 24.7 Å². The van der Waals surface area contributed by atoms with Crippen LogP contribution in [0.2, 0.25) is 0 Å². The van der Waals surface area contributed by atoms with Gasteiger partial charge >= 0.3 is 6.09 Å². The van der Waals surface area contributed by atoms with Crippen molar-refractivity contribution in [3.8, 4) is 0 Å². The molecular formula is C9H12N4O2S. The van der Waals surface area contributed by atoms with E-state index >= 15 is 0 Å². The van der Waals surface area contributed by atoms with Gasteiger partial charge in [-0.25, -0.2) is 14.8 Å². The molecule has 0 bridgehead atoms. The Hall–Kier alpha value is -1.76. The highest BCUT2D eigenvalue weighted by Crippen LogP contribution is 2.01. The quantitative estimate of drug-likeness (QED) is 0.757. The first-order valence-corrected chi connectivity index (χ1v) is 5.06. The summed E-state index contributed by atoms with van der Waals surface area (Å²) in [6, 6.07) is 0. The molecule has 0 aliphatic heterocycles. The van der Waals surface area contributed by atoms with Crippen molar-refractivity contribution in [1.82, 2.24) is 15.3 Å². The van der Waals surface area contributed by atoms with Crippen LogP contribution in [0.3, 0.4) is 0 Å². The summed E-state index contributed by atoms with van der Waals surface area (Å²) < 4.78 is 4.66. The van der Waals surface area contributed by atoms with Gasteiger partial charge in [0.1, 0.15) is 5.82 Å². The summed E-state index contributed by atoms with van der Waals surface area (Å²) in [5.74, 6) is 0.662. The standard InChI is InChI=1S/C9H12N4O2S/c1-3-15-9(14)13-8(16)12-7-4-10-6(2)11-5-7/h4-5H,3H2,1-2H3,(H2,12,13,14,16). The Bertz CT molecular complexity index is 380. The van der Waals surface area contributed by atoms with Gasteiger partial charge in [-0.2, -0.15) is 0 Å². The van der Waals surface area contributed by atoms with Crippen LogP contribution in [-0.2, 0) is 4.74 Å². The molecule has 7 heteroatoms. The molecule has 0 spiro atoms. The zero-order chi connectivity index (χ0) is 12.0. The van der Waals surface area contributed by atoms with E-state index < -0.39 is 6.09 Å². The third-order valence-electron chi connectivity index (χ3n) is 1.53. The van der Waals surface area contributed by atoms with E-state index in [1.165, 1.54) is 0 Å². The van der Waals surface area contributed by atoms with Crippen LogP contribution in [0, 0.1) is 6.92 Å². The second kappa shape index (κ2) is 5.96. The molecule has 86 valence electrons. The summed E-state index contributed by atoms with van der Waals surface area (Å²) in [5, 5.41) is 5.24. The van der Waals surface area contributed by atoms with Crippen LogP contribution in [0.5, 0.6) is 0 Å². The molecule has 0 aromatic carbocycles. The first-order valence-electron chi connectivity index (χ1n) is 4.65. The van der Waals surface area contributed by atoms with Crippen LogP contribution in [0.25, 0.3) is 0 Å². The van der Waals surface area contributed by atoms with E-state index in [2.05, 4.69) is 25.3 Å². The minimum Gasteiger partial charge on any atom is -0.450 e. The Morgan fingerprint density at radius 1 is 1.50 bits per heavy atom. The SMILES string of the molecule is CCOC(=O)NC(=S)Nc1cnc(C)nc1. The molecule has 0 unspecified atom stereocenters. The Kier molecular flexibility index (Phi) is 4.59. The molecule has 0 aliphatic rings. The third kappa shape index (κ3) is 4.18. The molecule has 0 saturated carbocycles. The van der Waals surface area contributed by atoms with E-state index in [0.717, 1.165) is 0 Å². The first-order chi connectivity index (χ1) is 7.61. The van der Waals surface area contributed by atoms with E-state index in [-0.39, 0.29) is 5.11 Å². The Morgan fingerprint density at radius 2 is 2.12 bits per heavy atom. The van der Waals surface area contributed by atoms with Crippen LogP contribution in [-0.4, -0.2) is 27.8 Å². The van der Waals surface area contributed by atoms with Crippen LogP contribution in [0.4, 0.5) is 10.5 Å². The van der Waals surface area contributed by atoms with Gasteiger partial charge in [-0.1, -0.05) is 0 Å².